The standard InChI is InChI=1S/C11H16S4/c1-6(12)7(2)13-10(5)11-14-8(3)9(4)15-11/h12H,1-5H3/b7-6-. The van der Waals surface area contributed by atoms with Crippen molar-refractivity contribution in [3.8, 4) is 0 Å². The van der Waals surface area contributed by atoms with Gasteiger partial charge in [-0.1, -0.05) is 35.3 Å². The molecule has 0 bridgehead atoms. The van der Waals surface area contributed by atoms with Gasteiger partial charge in [-0.2, -0.15) is 0 Å². The Hall–Kier alpha value is 0.620. The zero-order valence-corrected chi connectivity index (χ0v) is 13.0. The highest BCUT2D eigenvalue weighted by Crippen LogP contribution is 2.52. The Morgan fingerprint density at radius 1 is 1.07 bits per heavy atom. The lowest BCUT2D eigenvalue weighted by molar-refractivity contribution is 1.55. The summed E-state index contributed by atoms with van der Waals surface area (Å²) in [7, 11) is 0. The molecule has 0 atom stereocenters. The lowest BCUT2D eigenvalue weighted by Gasteiger charge is -2.06. The van der Waals surface area contributed by atoms with Gasteiger partial charge in [-0.25, -0.2) is 0 Å². The van der Waals surface area contributed by atoms with Crippen molar-refractivity contribution >= 4 is 47.9 Å². The van der Waals surface area contributed by atoms with E-state index in [1.807, 2.05) is 42.2 Å². The van der Waals surface area contributed by atoms with Gasteiger partial charge in [-0.15, -0.1) is 12.6 Å². The molecule has 0 fully saturated rings. The molecule has 0 aromatic rings. The van der Waals surface area contributed by atoms with E-state index in [1.165, 1.54) is 23.9 Å². The Labute approximate surface area is 111 Å². The van der Waals surface area contributed by atoms with Crippen LogP contribution in [0.1, 0.15) is 34.6 Å². The smallest absolute Gasteiger partial charge is 0.0588 e. The lowest BCUT2D eigenvalue weighted by atomic mass is 10.6. The van der Waals surface area contributed by atoms with E-state index in [2.05, 4.69) is 40.3 Å². The predicted molar refractivity (Wildman–Crippen MR) is 81.2 cm³/mol. The number of allylic oxidation sites excluding steroid dienone is 5. The summed E-state index contributed by atoms with van der Waals surface area (Å²) < 4.78 is 1.42. The topological polar surface area (TPSA) is 0 Å². The molecule has 1 rings (SSSR count). The highest BCUT2D eigenvalue weighted by Gasteiger charge is 2.17. The summed E-state index contributed by atoms with van der Waals surface area (Å²) in [4.78, 5) is 6.63. The van der Waals surface area contributed by atoms with Crippen molar-refractivity contribution in [1.82, 2.24) is 0 Å². The van der Waals surface area contributed by atoms with Crippen molar-refractivity contribution in [2.45, 2.75) is 34.6 Å². The largest absolute Gasteiger partial charge is 0.147 e. The second kappa shape index (κ2) is 5.80. The summed E-state index contributed by atoms with van der Waals surface area (Å²) in [6.07, 6.45) is 0. The summed E-state index contributed by atoms with van der Waals surface area (Å²) in [6, 6.07) is 0. The number of thioether (sulfide) groups is 3. The van der Waals surface area contributed by atoms with E-state index in [4.69, 9.17) is 0 Å². The van der Waals surface area contributed by atoms with Crippen LogP contribution in [0.15, 0.2) is 28.8 Å². The first-order chi connectivity index (χ1) is 6.91. The molecule has 1 heterocycles. The second-order valence-corrected chi connectivity index (χ2v) is 8.21. The Bertz CT molecular complexity index is 341. The van der Waals surface area contributed by atoms with E-state index in [9.17, 15) is 0 Å². The van der Waals surface area contributed by atoms with Crippen LogP contribution in [-0.2, 0) is 0 Å². The van der Waals surface area contributed by atoms with Crippen LogP contribution in [0.5, 0.6) is 0 Å². The quantitative estimate of drug-likeness (QED) is 0.631. The van der Waals surface area contributed by atoms with E-state index in [0.29, 0.717) is 0 Å². The summed E-state index contributed by atoms with van der Waals surface area (Å²) in [5.74, 6) is 0. The van der Waals surface area contributed by atoms with E-state index < -0.39 is 0 Å². The first kappa shape index (κ1) is 13.7. The van der Waals surface area contributed by atoms with Gasteiger partial charge in [0.25, 0.3) is 0 Å². The molecule has 0 N–H and O–H groups in total. The Balaban J connectivity index is 2.75. The minimum atomic E-state index is 1.11. The highest BCUT2D eigenvalue weighted by atomic mass is 32.2. The van der Waals surface area contributed by atoms with E-state index in [0.717, 1.165) is 4.91 Å². The van der Waals surface area contributed by atoms with Gasteiger partial charge in [0.1, 0.15) is 0 Å². The van der Waals surface area contributed by atoms with Gasteiger partial charge in [0.05, 0.1) is 4.24 Å². The van der Waals surface area contributed by atoms with E-state index >= 15 is 0 Å². The minimum Gasteiger partial charge on any atom is -0.147 e. The lowest BCUT2D eigenvalue weighted by Crippen LogP contribution is -1.75. The summed E-state index contributed by atoms with van der Waals surface area (Å²) in [5, 5.41) is 0. The first-order valence-electron chi connectivity index (χ1n) is 4.70. The molecule has 0 aromatic carbocycles. The molecule has 4 heteroatoms. The first-order valence-corrected chi connectivity index (χ1v) is 7.60. The highest BCUT2D eigenvalue weighted by molar-refractivity contribution is 8.29. The van der Waals surface area contributed by atoms with Crippen molar-refractivity contribution in [1.29, 1.82) is 0 Å². The van der Waals surface area contributed by atoms with Gasteiger partial charge >= 0.3 is 0 Å². The van der Waals surface area contributed by atoms with Crippen LogP contribution in [-0.4, -0.2) is 0 Å². The van der Waals surface area contributed by atoms with Crippen molar-refractivity contribution in [2.75, 3.05) is 0 Å². The van der Waals surface area contributed by atoms with Gasteiger partial charge in [0.15, 0.2) is 0 Å². The third-order valence-corrected chi connectivity index (χ3v) is 6.80. The fourth-order valence-electron chi connectivity index (χ4n) is 0.932. The fraction of sp³-hybridized carbons (Fsp3) is 0.455. The monoisotopic (exact) mass is 276 g/mol. The van der Waals surface area contributed by atoms with Gasteiger partial charge in [0.2, 0.25) is 0 Å². The fourth-order valence-corrected chi connectivity index (χ4v) is 4.56. The Morgan fingerprint density at radius 3 is 1.93 bits per heavy atom. The molecule has 15 heavy (non-hydrogen) atoms. The maximum atomic E-state index is 4.36. The van der Waals surface area contributed by atoms with Crippen LogP contribution in [0, 0.1) is 0 Å². The van der Waals surface area contributed by atoms with E-state index in [1.54, 1.807) is 0 Å². The zero-order chi connectivity index (χ0) is 11.6. The summed E-state index contributed by atoms with van der Waals surface area (Å²) in [6.45, 7) is 10.7. The molecule has 0 radical (unpaired) electrons. The molecule has 0 aliphatic carbocycles. The van der Waals surface area contributed by atoms with Gasteiger partial charge in [0, 0.05) is 4.91 Å². The number of hydrogen-bond donors (Lipinski definition) is 1. The van der Waals surface area contributed by atoms with Crippen LogP contribution in [0.3, 0.4) is 0 Å². The average molecular weight is 277 g/mol. The molecule has 84 valence electrons. The molecule has 0 amide bonds. The molecular weight excluding hydrogens is 260 g/mol. The van der Waals surface area contributed by atoms with Crippen LogP contribution in [0.2, 0.25) is 0 Å². The van der Waals surface area contributed by atoms with Crippen LogP contribution in [0.4, 0.5) is 0 Å². The molecule has 0 saturated heterocycles. The van der Waals surface area contributed by atoms with E-state index in [-0.39, 0.29) is 0 Å². The van der Waals surface area contributed by atoms with Gasteiger partial charge in [-0.05, 0) is 54.2 Å². The molecule has 0 saturated carbocycles. The van der Waals surface area contributed by atoms with Crippen molar-refractivity contribution in [3.63, 3.8) is 0 Å². The normalized spacial score (nSPS) is 18.4. The van der Waals surface area contributed by atoms with Crippen molar-refractivity contribution < 1.29 is 0 Å². The maximum absolute atomic E-state index is 4.36. The second-order valence-electron chi connectivity index (χ2n) is 3.40. The Morgan fingerprint density at radius 2 is 1.53 bits per heavy atom. The summed E-state index contributed by atoms with van der Waals surface area (Å²) >= 11 is 9.96. The number of thiol groups is 1. The molecule has 1 aliphatic rings. The SMILES string of the molecule is CC1=C(C)SC(=C(C)S/C(C)=C(/C)S)S1. The van der Waals surface area contributed by atoms with Gasteiger partial charge < -0.3 is 0 Å². The maximum Gasteiger partial charge on any atom is 0.0588 e. The molecule has 0 unspecified atom stereocenters. The molecule has 0 nitrogen and oxygen atoms in total. The third-order valence-electron chi connectivity index (χ3n) is 2.09. The third kappa shape index (κ3) is 3.84. The van der Waals surface area contributed by atoms with Crippen LogP contribution >= 0.6 is 47.9 Å². The molecule has 0 spiro atoms. The predicted octanol–water partition coefficient (Wildman–Crippen LogP) is 5.82. The van der Waals surface area contributed by atoms with Crippen LogP contribution < -0.4 is 0 Å². The van der Waals surface area contributed by atoms with Crippen molar-refractivity contribution in [3.05, 3.63) is 28.8 Å². The number of hydrogen-bond acceptors (Lipinski definition) is 4. The number of rotatable bonds is 2. The van der Waals surface area contributed by atoms with Gasteiger partial charge in [-0.3, -0.25) is 0 Å². The zero-order valence-electron chi connectivity index (χ0n) is 9.67. The molecular formula is C11H16S4. The average Bonchev–Trinajstić information content (AvgIpc) is 2.46. The summed E-state index contributed by atoms with van der Waals surface area (Å²) in [5.41, 5.74) is 0. The molecule has 1 aliphatic heterocycles. The van der Waals surface area contributed by atoms with Crippen molar-refractivity contribution in [2.24, 2.45) is 0 Å². The molecule has 0 aromatic heterocycles. The Kier molecular flexibility index (Phi) is 5.29. The minimum absolute atomic E-state index is 1.11. The van der Waals surface area contributed by atoms with Crippen LogP contribution in [0.25, 0.3) is 0 Å².